The van der Waals surface area contributed by atoms with Gasteiger partial charge in [-0.1, -0.05) is 18.2 Å². The number of amides is 1. The van der Waals surface area contributed by atoms with E-state index in [1.807, 2.05) is 42.5 Å². The van der Waals surface area contributed by atoms with Crippen molar-refractivity contribution in [2.75, 3.05) is 20.8 Å². The lowest BCUT2D eigenvalue weighted by atomic mass is 9.99. The number of aromatic nitrogens is 1. The number of methoxy groups -OCH3 is 1. The minimum atomic E-state index is -0.523. The number of esters is 1. The summed E-state index contributed by atoms with van der Waals surface area (Å²) in [6, 6.07) is 13.6. The van der Waals surface area contributed by atoms with E-state index >= 15 is 0 Å². The van der Waals surface area contributed by atoms with E-state index in [1.165, 1.54) is 4.90 Å². The maximum atomic E-state index is 12.5. The molecule has 176 valence electrons. The highest BCUT2D eigenvalue weighted by atomic mass is 16.5. The Bertz CT molecular complexity index is 1340. The predicted molar refractivity (Wildman–Crippen MR) is 128 cm³/mol. The molecule has 34 heavy (non-hydrogen) atoms. The van der Waals surface area contributed by atoms with Crippen LogP contribution in [0.25, 0.3) is 10.8 Å². The normalized spacial score (nSPS) is 10.6. The van der Waals surface area contributed by atoms with Gasteiger partial charge in [0, 0.05) is 25.7 Å². The molecule has 0 atom stereocenters. The molecule has 0 saturated heterocycles. The van der Waals surface area contributed by atoms with E-state index in [0.717, 1.165) is 27.6 Å². The monoisotopic (exact) mass is 461 g/mol. The summed E-state index contributed by atoms with van der Waals surface area (Å²) in [4.78, 5) is 40.6. The van der Waals surface area contributed by atoms with Crippen molar-refractivity contribution in [2.45, 2.75) is 33.2 Å². The Morgan fingerprint density at radius 1 is 1.12 bits per heavy atom. The molecule has 1 N–H and O–H groups in total. The Labute approximate surface area is 197 Å². The molecular formula is C26H27N3O5. The summed E-state index contributed by atoms with van der Waals surface area (Å²) >= 11 is 0. The van der Waals surface area contributed by atoms with Gasteiger partial charge in [-0.2, -0.15) is 5.26 Å². The zero-order valence-corrected chi connectivity index (χ0v) is 19.7. The number of nitriles is 1. The van der Waals surface area contributed by atoms with E-state index in [1.54, 1.807) is 28.0 Å². The number of hydrogen-bond donors (Lipinski definition) is 1. The maximum Gasteiger partial charge on any atom is 0.306 e. The van der Waals surface area contributed by atoms with E-state index in [0.29, 0.717) is 24.2 Å². The summed E-state index contributed by atoms with van der Waals surface area (Å²) in [7, 11) is 3.28. The molecule has 8 heteroatoms. The number of aromatic amines is 1. The van der Waals surface area contributed by atoms with Gasteiger partial charge in [-0.25, -0.2) is 0 Å². The SMILES string of the molecule is COc1ccc2cc(CN(C)C(=O)COC(=O)CCc3c(C)[nH]c(=O)c(C#N)c3C)ccc2c1. The maximum absolute atomic E-state index is 12.5. The summed E-state index contributed by atoms with van der Waals surface area (Å²) in [5, 5.41) is 11.2. The number of rotatable bonds is 8. The van der Waals surface area contributed by atoms with Crippen molar-refractivity contribution in [1.82, 2.24) is 9.88 Å². The van der Waals surface area contributed by atoms with Gasteiger partial charge in [0.25, 0.3) is 11.5 Å². The van der Waals surface area contributed by atoms with Crippen molar-refractivity contribution in [3.63, 3.8) is 0 Å². The molecule has 0 radical (unpaired) electrons. The number of nitrogens with one attached hydrogen (secondary N) is 1. The molecule has 0 aliphatic carbocycles. The van der Waals surface area contributed by atoms with Crippen molar-refractivity contribution in [3.05, 3.63) is 74.7 Å². The lowest BCUT2D eigenvalue weighted by molar-refractivity contribution is -0.151. The van der Waals surface area contributed by atoms with Gasteiger partial charge in [-0.3, -0.25) is 14.4 Å². The second kappa shape index (κ2) is 10.7. The van der Waals surface area contributed by atoms with Gasteiger partial charge in [0.05, 0.1) is 7.11 Å². The smallest absolute Gasteiger partial charge is 0.306 e. The Balaban J connectivity index is 1.53. The average molecular weight is 462 g/mol. The lowest BCUT2D eigenvalue weighted by Gasteiger charge is -2.18. The molecule has 0 fully saturated rings. The number of carbonyl (C=O) groups excluding carboxylic acids is 2. The second-order valence-corrected chi connectivity index (χ2v) is 8.13. The van der Waals surface area contributed by atoms with Crippen LogP contribution in [-0.2, 0) is 27.3 Å². The third-order valence-electron chi connectivity index (χ3n) is 5.81. The molecule has 0 saturated carbocycles. The summed E-state index contributed by atoms with van der Waals surface area (Å²) < 4.78 is 10.4. The van der Waals surface area contributed by atoms with E-state index in [4.69, 9.17) is 14.7 Å². The van der Waals surface area contributed by atoms with Crippen LogP contribution in [0.4, 0.5) is 0 Å². The number of carbonyl (C=O) groups is 2. The molecule has 3 rings (SSSR count). The topological polar surface area (TPSA) is 112 Å². The number of H-pyrrole nitrogens is 1. The second-order valence-electron chi connectivity index (χ2n) is 8.13. The van der Waals surface area contributed by atoms with Crippen LogP contribution >= 0.6 is 0 Å². The summed E-state index contributed by atoms with van der Waals surface area (Å²) in [6.07, 6.45) is 0.331. The van der Waals surface area contributed by atoms with Gasteiger partial charge in [0.15, 0.2) is 6.61 Å². The number of hydrogen-bond acceptors (Lipinski definition) is 6. The lowest BCUT2D eigenvalue weighted by Crippen LogP contribution is -2.30. The first-order valence-electron chi connectivity index (χ1n) is 10.8. The van der Waals surface area contributed by atoms with Crippen LogP contribution in [0.2, 0.25) is 0 Å². The third kappa shape index (κ3) is 5.62. The Kier molecular flexibility index (Phi) is 7.69. The predicted octanol–water partition coefficient (Wildman–Crippen LogP) is 3.16. The van der Waals surface area contributed by atoms with Crippen LogP contribution in [0.5, 0.6) is 5.75 Å². The molecule has 8 nitrogen and oxygen atoms in total. The van der Waals surface area contributed by atoms with Crippen LogP contribution in [0.1, 0.15) is 34.4 Å². The molecule has 2 aromatic carbocycles. The first-order valence-corrected chi connectivity index (χ1v) is 10.8. The minimum absolute atomic E-state index is 0.0315. The van der Waals surface area contributed by atoms with Crippen LogP contribution in [0.3, 0.4) is 0 Å². The number of likely N-dealkylation sites (N-methyl/N-ethyl adjacent to an activating group) is 1. The van der Waals surface area contributed by atoms with E-state index in [9.17, 15) is 14.4 Å². The van der Waals surface area contributed by atoms with Gasteiger partial charge < -0.3 is 19.4 Å². The average Bonchev–Trinajstić information content (AvgIpc) is 2.81. The third-order valence-corrected chi connectivity index (χ3v) is 5.81. The van der Waals surface area contributed by atoms with Gasteiger partial charge in [-0.05, 0) is 65.9 Å². The van der Waals surface area contributed by atoms with Crippen molar-refractivity contribution in [3.8, 4) is 11.8 Å². The molecule has 0 aliphatic rings. The van der Waals surface area contributed by atoms with Crippen LogP contribution < -0.4 is 10.3 Å². The molecule has 0 spiro atoms. The van der Waals surface area contributed by atoms with Crippen LogP contribution in [0, 0.1) is 25.2 Å². The fourth-order valence-electron chi connectivity index (χ4n) is 3.83. The summed E-state index contributed by atoms with van der Waals surface area (Å²) in [5.41, 5.74) is 2.45. The van der Waals surface area contributed by atoms with E-state index in [-0.39, 0.29) is 24.5 Å². The fraction of sp³-hybridized carbons (Fsp3) is 0.308. The zero-order chi connectivity index (χ0) is 24.8. The largest absolute Gasteiger partial charge is 0.497 e. The van der Waals surface area contributed by atoms with Crippen molar-refractivity contribution in [2.24, 2.45) is 0 Å². The fourth-order valence-corrected chi connectivity index (χ4v) is 3.83. The van der Waals surface area contributed by atoms with Crippen LogP contribution in [-0.4, -0.2) is 42.5 Å². The number of fused-ring (bicyclic) bond motifs is 1. The van der Waals surface area contributed by atoms with Gasteiger partial charge >= 0.3 is 5.97 Å². The summed E-state index contributed by atoms with van der Waals surface area (Å²) in [6.45, 7) is 3.43. The molecule has 1 heterocycles. The standard InChI is InChI=1S/C26H27N3O5/c1-16-22(17(2)28-26(32)23(16)13-27)9-10-25(31)34-15-24(30)29(3)14-18-5-6-20-12-21(33-4)8-7-19(20)11-18/h5-8,11-12H,9-10,14-15H2,1-4H3,(H,28,32). The van der Waals surface area contributed by atoms with Gasteiger partial charge in [0.2, 0.25) is 0 Å². The number of ether oxygens (including phenoxy) is 2. The van der Waals surface area contributed by atoms with Crippen molar-refractivity contribution >= 4 is 22.6 Å². The molecular weight excluding hydrogens is 434 g/mol. The highest BCUT2D eigenvalue weighted by Crippen LogP contribution is 2.22. The molecule has 3 aromatic rings. The van der Waals surface area contributed by atoms with Crippen molar-refractivity contribution in [1.29, 1.82) is 5.26 Å². The number of benzene rings is 2. The molecule has 0 unspecified atom stereocenters. The minimum Gasteiger partial charge on any atom is -0.497 e. The first-order chi connectivity index (χ1) is 16.2. The Morgan fingerprint density at radius 2 is 1.82 bits per heavy atom. The Hall–Kier alpha value is -4.12. The van der Waals surface area contributed by atoms with Crippen LogP contribution in [0.15, 0.2) is 41.2 Å². The van der Waals surface area contributed by atoms with Crippen molar-refractivity contribution < 1.29 is 19.1 Å². The van der Waals surface area contributed by atoms with E-state index < -0.39 is 11.5 Å². The van der Waals surface area contributed by atoms with E-state index in [2.05, 4.69) is 4.98 Å². The number of aryl methyl sites for hydroxylation is 1. The van der Waals surface area contributed by atoms with Gasteiger partial charge in [0.1, 0.15) is 17.4 Å². The quantitative estimate of drug-likeness (QED) is 0.516. The van der Waals surface area contributed by atoms with Gasteiger partial charge in [-0.15, -0.1) is 0 Å². The molecule has 1 amide bonds. The molecule has 1 aromatic heterocycles. The zero-order valence-electron chi connectivity index (χ0n) is 19.7. The number of pyridine rings is 1. The first kappa shape index (κ1) is 24.5. The highest BCUT2D eigenvalue weighted by Gasteiger charge is 2.16. The molecule has 0 aliphatic heterocycles. The summed E-state index contributed by atoms with van der Waals surface area (Å²) in [5.74, 6) is -0.0537. The Morgan fingerprint density at radius 3 is 2.53 bits per heavy atom. The number of nitrogens with zero attached hydrogens (tertiary/aromatic N) is 2. The molecule has 0 bridgehead atoms. The highest BCUT2D eigenvalue weighted by molar-refractivity contribution is 5.85.